The number of carbonyl (C=O) groups excluding carboxylic acids is 1. The second-order valence-electron chi connectivity index (χ2n) is 5.64. The van der Waals surface area contributed by atoms with Crippen LogP contribution in [0, 0.1) is 13.8 Å². The fraction of sp³-hybridized carbons (Fsp3) is 0.500. The predicted molar refractivity (Wildman–Crippen MR) is 81.5 cm³/mol. The summed E-state index contributed by atoms with van der Waals surface area (Å²) in [5.41, 5.74) is 1.64. The van der Waals surface area contributed by atoms with Gasteiger partial charge in [0, 0.05) is 12.2 Å². The van der Waals surface area contributed by atoms with Gasteiger partial charge in [-0.05, 0) is 44.2 Å². The highest BCUT2D eigenvalue weighted by Crippen LogP contribution is 2.33. The zero-order valence-electron chi connectivity index (χ0n) is 12.8. The fourth-order valence-electron chi connectivity index (χ4n) is 3.10. The lowest BCUT2D eigenvalue weighted by Gasteiger charge is -2.34. The molecule has 2 rings (SSSR count). The Morgan fingerprint density at radius 3 is 2.48 bits per heavy atom. The van der Waals surface area contributed by atoms with Gasteiger partial charge in [0.1, 0.15) is 5.54 Å². The van der Waals surface area contributed by atoms with Gasteiger partial charge in [-0.2, -0.15) is 0 Å². The Balaban J connectivity index is 2.26. The zero-order valence-corrected chi connectivity index (χ0v) is 12.8. The third-order valence-corrected chi connectivity index (χ3v) is 4.43. The standard InChI is InChI=1S/C16H22N2O3/c1-4-16(14(19)20)9-6-10-18(16)15(21)17-13-11(2)7-5-8-12(13)3/h5,7-8H,4,6,9-10H2,1-3H3,(H,17,21)(H,19,20). The molecule has 2 N–H and O–H groups in total. The molecule has 5 heteroatoms. The highest BCUT2D eigenvalue weighted by molar-refractivity contribution is 5.95. The summed E-state index contributed by atoms with van der Waals surface area (Å²) in [7, 11) is 0. The molecule has 1 aromatic carbocycles. The molecule has 0 aliphatic carbocycles. The fourth-order valence-corrected chi connectivity index (χ4v) is 3.10. The Kier molecular flexibility index (Phi) is 4.21. The van der Waals surface area contributed by atoms with Crippen molar-refractivity contribution in [3.05, 3.63) is 29.3 Å². The quantitative estimate of drug-likeness (QED) is 0.898. The lowest BCUT2D eigenvalue weighted by atomic mass is 9.93. The topological polar surface area (TPSA) is 69.6 Å². The number of nitrogens with zero attached hydrogens (tertiary/aromatic N) is 1. The molecule has 5 nitrogen and oxygen atoms in total. The van der Waals surface area contributed by atoms with Crippen LogP contribution < -0.4 is 5.32 Å². The van der Waals surface area contributed by atoms with Crippen molar-refractivity contribution in [3.8, 4) is 0 Å². The van der Waals surface area contributed by atoms with E-state index in [0.29, 0.717) is 19.4 Å². The van der Waals surface area contributed by atoms with Crippen LogP contribution in [0.3, 0.4) is 0 Å². The average Bonchev–Trinajstić information content (AvgIpc) is 2.88. The maximum atomic E-state index is 12.5. The van der Waals surface area contributed by atoms with Crippen molar-refractivity contribution in [2.75, 3.05) is 11.9 Å². The molecule has 1 fully saturated rings. The van der Waals surface area contributed by atoms with E-state index in [2.05, 4.69) is 5.32 Å². The minimum atomic E-state index is -1.07. The second-order valence-corrected chi connectivity index (χ2v) is 5.64. The third kappa shape index (κ3) is 2.60. The number of likely N-dealkylation sites (tertiary alicyclic amines) is 1. The number of anilines is 1. The first kappa shape index (κ1) is 15.4. The predicted octanol–water partition coefficient (Wildman–Crippen LogP) is 3.16. The van der Waals surface area contributed by atoms with Gasteiger partial charge >= 0.3 is 12.0 Å². The van der Waals surface area contributed by atoms with Crippen LogP contribution in [0.25, 0.3) is 0 Å². The molecule has 0 aromatic heterocycles. The van der Waals surface area contributed by atoms with Crippen LogP contribution >= 0.6 is 0 Å². The van der Waals surface area contributed by atoms with Gasteiger partial charge in [0.2, 0.25) is 0 Å². The number of benzene rings is 1. The molecule has 1 saturated heterocycles. The number of hydrogen-bond donors (Lipinski definition) is 2. The van der Waals surface area contributed by atoms with Crippen molar-refractivity contribution in [1.82, 2.24) is 4.90 Å². The van der Waals surface area contributed by atoms with Crippen LogP contribution in [0.4, 0.5) is 10.5 Å². The number of para-hydroxylation sites is 1. The smallest absolute Gasteiger partial charge is 0.329 e. The van der Waals surface area contributed by atoms with Crippen LogP contribution in [0.1, 0.15) is 37.3 Å². The van der Waals surface area contributed by atoms with Gasteiger partial charge in [0.15, 0.2) is 0 Å². The van der Waals surface area contributed by atoms with E-state index in [9.17, 15) is 14.7 Å². The van der Waals surface area contributed by atoms with Crippen molar-refractivity contribution in [1.29, 1.82) is 0 Å². The highest BCUT2D eigenvalue weighted by atomic mass is 16.4. The molecular formula is C16H22N2O3. The van der Waals surface area contributed by atoms with Crippen LogP contribution in [0.5, 0.6) is 0 Å². The average molecular weight is 290 g/mol. The molecule has 0 bridgehead atoms. The summed E-state index contributed by atoms with van der Waals surface area (Å²) in [6.45, 7) is 6.16. The Labute approximate surface area is 125 Å². The summed E-state index contributed by atoms with van der Waals surface area (Å²) in [6.07, 6.45) is 1.65. The van der Waals surface area contributed by atoms with Gasteiger partial charge in [-0.15, -0.1) is 0 Å². The van der Waals surface area contributed by atoms with Crippen molar-refractivity contribution < 1.29 is 14.7 Å². The van der Waals surface area contributed by atoms with Gasteiger partial charge < -0.3 is 15.3 Å². The van der Waals surface area contributed by atoms with Gasteiger partial charge in [0.25, 0.3) is 0 Å². The van der Waals surface area contributed by atoms with E-state index in [1.807, 2.05) is 39.0 Å². The minimum Gasteiger partial charge on any atom is -0.479 e. The normalized spacial score (nSPS) is 21.4. The Morgan fingerprint density at radius 2 is 1.95 bits per heavy atom. The summed E-state index contributed by atoms with van der Waals surface area (Å²) in [4.78, 5) is 25.7. The van der Waals surface area contributed by atoms with Gasteiger partial charge in [-0.3, -0.25) is 0 Å². The Morgan fingerprint density at radius 1 is 1.33 bits per heavy atom. The number of rotatable bonds is 3. The van der Waals surface area contributed by atoms with E-state index >= 15 is 0 Å². The number of hydrogen-bond acceptors (Lipinski definition) is 2. The number of carboxylic acid groups (broad SMARTS) is 1. The number of carbonyl (C=O) groups is 2. The number of urea groups is 1. The van der Waals surface area contributed by atoms with E-state index in [-0.39, 0.29) is 6.03 Å². The second kappa shape index (κ2) is 5.76. The molecule has 0 saturated carbocycles. The monoisotopic (exact) mass is 290 g/mol. The number of amides is 2. The molecule has 114 valence electrons. The van der Waals surface area contributed by atoms with Crippen LogP contribution in [0.2, 0.25) is 0 Å². The van der Waals surface area contributed by atoms with E-state index < -0.39 is 11.5 Å². The SMILES string of the molecule is CCC1(C(=O)O)CCCN1C(=O)Nc1c(C)cccc1C. The van der Waals surface area contributed by atoms with Gasteiger partial charge in [0.05, 0.1) is 0 Å². The third-order valence-electron chi connectivity index (χ3n) is 4.43. The van der Waals surface area contributed by atoms with E-state index in [1.54, 1.807) is 0 Å². The molecule has 1 heterocycles. The molecule has 0 radical (unpaired) electrons. The first-order valence-electron chi connectivity index (χ1n) is 7.30. The van der Waals surface area contributed by atoms with Crippen molar-refractivity contribution >= 4 is 17.7 Å². The lowest BCUT2D eigenvalue weighted by molar-refractivity contribution is -0.148. The number of nitrogens with one attached hydrogen (secondary N) is 1. The summed E-state index contributed by atoms with van der Waals surface area (Å²) >= 11 is 0. The summed E-state index contributed by atoms with van der Waals surface area (Å²) in [5, 5.41) is 12.4. The van der Waals surface area contributed by atoms with Gasteiger partial charge in [-0.1, -0.05) is 25.1 Å². The van der Waals surface area contributed by atoms with E-state index in [0.717, 1.165) is 23.2 Å². The molecule has 0 spiro atoms. The molecule has 1 atom stereocenters. The first-order valence-corrected chi connectivity index (χ1v) is 7.30. The van der Waals surface area contributed by atoms with E-state index in [1.165, 1.54) is 4.90 Å². The van der Waals surface area contributed by atoms with Crippen LogP contribution in [0.15, 0.2) is 18.2 Å². The van der Waals surface area contributed by atoms with Crippen LogP contribution in [-0.4, -0.2) is 34.1 Å². The maximum Gasteiger partial charge on any atom is 0.329 e. The molecule has 1 aliphatic rings. The van der Waals surface area contributed by atoms with E-state index in [4.69, 9.17) is 0 Å². The largest absolute Gasteiger partial charge is 0.479 e. The number of aliphatic carboxylic acids is 1. The maximum absolute atomic E-state index is 12.5. The van der Waals surface area contributed by atoms with Crippen molar-refractivity contribution in [2.45, 2.75) is 45.6 Å². The van der Waals surface area contributed by atoms with Crippen LogP contribution in [-0.2, 0) is 4.79 Å². The Bertz CT molecular complexity index is 550. The number of aryl methyl sites for hydroxylation is 2. The highest BCUT2D eigenvalue weighted by Gasteiger charge is 2.48. The Hall–Kier alpha value is -2.04. The molecule has 1 aliphatic heterocycles. The summed E-state index contributed by atoms with van der Waals surface area (Å²) in [5.74, 6) is -0.917. The molecule has 1 unspecified atom stereocenters. The molecule has 1 aromatic rings. The lowest BCUT2D eigenvalue weighted by Crippen LogP contribution is -2.54. The number of carboxylic acids is 1. The van der Waals surface area contributed by atoms with Gasteiger partial charge in [-0.25, -0.2) is 9.59 Å². The molecule has 21 heavy (non-hydrogen) atoms. The zero-order chi connectivity index (χ0) is 15.6. The van der Waals surface area contributed by atoms with Crippen molar-refractivity contribution in [2.24, 2.45) is 0 Å². The van der Waals surface area contributed by atoms with Crippen molar-refractivity contribution in [3.63, 3.8) is 0 Å². The summed E-state index contributed by atoms with van der Waals surface area (Å²) < 4.78 is 0. The first-order chi connectivity index (χ1) is 9.92. The minimum absolute atomic E-state index is 0.325. The summed E-state index contributed by atoms with van der Waals surface area (Å²) in [6, 6.07) is 5.46. The molecule has 2 amide bonds. The molecular weight excluding hydrogens is 268 g/mol.